The van der Waals surface area contributed by atoms with Crippen molar-refractivity contribution in [1.29, 1.82) is 0 Å². The Hall–Kier alpha value is -1.51. The van der Waals surface area contributed by atoms with E-state index in [9.17, 15) is 4.79 Å². The SMILES string of the molecule is Cc1ccc2c(c1)CN(CC1CCCCC1)C(=O)N2. The average Bonchev–Trinajstić information content (AvgIpc) is 2.41. The maximum absolute atomic E-state index is 12.1. The van der Waals surface area contributed by atoms with Gasteiger partial charge in [0.1, 0.15) is 0 Å². The summed E-state index contributed by atoms with van der Waals surface area (Å²) >= 11 is 0. The number of fused-ring (bicyclic) bond motifs is 1. The lowest BCUT2D eigenvalue weighted by molar-refractivity contribution is 0.184. The second-order valence-corrected chi connectivity index (χ2v) is 5.98. The highest BCUT2D eigenvalue weighted by molar-refractivity contribution is 5.92. The minimum atomic E-state index is 0.0712. The number of anilines is 1. The van der Waals surface area contributed by atoms with Gasteiger partial charge in [0.2, 0.25) is 0 Å². The summed E-state index contributed by atoms with van der Waals surface area (Å²) in [5.41, 5.74) is 3.48. The fourth-order valence-electron chi connectivity index (χ4n) is 3.28. The molecule has 0 atom stereocenters. The molecule has 1 aromatic carbocycles. The van der Waals surface area contributed by atoms with Crippen molar-refractivity contribution in [3.63, 3.8) is 0 Å². The molecule has 1 saturated carbocycles. The molecule has 1 N–H and O–H groups in total. The largest absolute Gasteiger partial charge is 0.322 e. The first-order chi connectivity index (χ1) is 9.22. The third-order valence-corrected chi connectivity index (χ3v) is 4.35. The summed E-state index contributed by atoms with van der Waals surface area (Å²) in [7, 11) is 0. The first-order valence-electron chi connectivity index (χ1n) is 7.38. The van der Waals surface area contributed by atoms with Gasteiger partial charge in [-0.15, -0.1) is 0 Å². The van der Waals surface area contributed by atoms with Gasteiger partial charge in [0, 0.05) is 18.8 Å². The Labute approximate surface area is 115 Å². The number of hydrogen-bond acceptors (Lipinski definition) is 1. The van der Waals surface area contributed by atoms with Gasteiger partial charge in [-0.1, -0.05) is 37.0 Å². The second-order valence-electron chi connectivity index (χ2n) is 5.98. The molecular formula is C16H22N2O. The van der Waals surface area contributed by atoms with Crippen molar-refractivity contribution in [2.75, 3.05) is 11.9 Å². The molecule has 3 rings (SSSR count). The van der Waals surface area contributed by atoms with Crippen LogP contribution in [-0.4, -0.2) is 17.5 Å². The van der Waals surface area contributed by atoms with Crippen LogP contribution in [0.5, 0.6) is 0 Å². The highest BCUT2D eigenvalue weighted by Gasteiger charge is 2.25. The predicted octanol–water partition coefficient (Wildman–Crippen LogP) is 3.92. The second kappa shape index (κ2) is 5.24. The number of hydrogen-bond donors (Lipinski definition) is 1. The first kappa shape index (κ1) is 12.5. The first-order valence-corrected chi connectivity index (χ1v) is 7.38. The summed E-state index contributed by atoms with van der Waals surface area (Å²) < 4.78 is 0. The maximum atomic E-state index is 12.1. The van der Waals surface area contributed by atoms with E-state index in [2.05, 4.69) is 24.4 Å². The van der Waals surface area contributed by atoms with Gasteiger partial charge in [-0.3, -0.25) is 0 Å². The molecule has 19 heavy (non-hydrogen) atoms. The molecule has 0 bridgehead atoms. The average molecular weight is 258 g/mol. The summed E-state index contributed by atoms with van der Waals surface area (Å²) in [5.74, 6) is 0.700. The van der Waals surface area contributed by atoms with E-state index in [0.717, 1.165) is 18.8 Å². The van der Waals surface area contributed by atoms with E-state index in [-0.39, 0.29) is 6.03 Å². The molecule has 1 heterocycles. The molecule has 1 aliphatic heterocycles. The van der Waals surface area contributed by atoms with Crippen LogP contribution < -0.4 is 5.32 Å². The molecule has 102 valence electrons. The minimum absolute atomic E-state index is 0.0712. The quantitative estimate of drug-likeness (QED) is 0.856. The number of amides is 2. The highest BCUT2D eigenvalue weighted by Crippen LogP contribution is 2.28. The molecule has 3 heteroatoms. The summed E-state index contributed by atoms with van der Waals surface area (Å²) in [6.45, 7) is 3.78. The Morgan fingerprint density at radius 1 is 1.26 bits per heavy atom. The van der Waals surface area contributed by atoms with Gasteiger partial charge in [-0.05, 0) is 37.3 Å². The van der Waals surface area contributed by atoms with E-state index in [1.165, 1.54) is 43.2 Å². The van der Waals surface area contributed by atoms with Crippen molar-refractivity contribution < 1.29 is 4.79 Å². The molecule has 3 nitrogen and oxygen atoms in total. The predicted molar refractivity (Wildman–Crippen MR) is 77.2 cm³/mol. The van der Waals surface area contributed by atoms with Crippen molar-refractivity contribution >= 4 is 11.7 Å². The summed E-state index contributed by atoms with van der Waals surface area (Å²) in [5, 5.41) is 3.01. The fraction of sp³-hybridized carbons (Fsp3) is 0.562. The number of urea groups is 1. The molecule has 0 aromatic heterocycles. The number of carbonyl (C=O) groups excluding carboxylic acids is 1. The maximum Gasteiger partial charge on any atom is 0.322 e. The van der Waals surface area contributed by atoms with Gasteiger partial charge in [-0.2, -0.15) is 0 Å². The molecule has 1 aliphatic carbocycles. The molecule has 0 saturated heterocycles. The van der Waals surface area contributed by atoms with E-state index in [0.29, 0.717) is 5.92 Å². The molecule has 1 fully saturated rings. The van der Waals surface area contributed by atoms with Gasteiger partial charge < -0.3 is 10.2 Å². The number of benzene rings is 1. The highest BCUT2D eigenvalue weighted by atomic mass is 16.2. The van der Waals surface area contributed by atoms with Crippen molar-refractivity contribution in [1.82, 2.24) is 4.90 Å². The van der Waals surface area contributed by atoms with Crippen LogP contribution in [0.1, 0.15) is 43.2 Å². The smallest absolute Gasteiger partial charge is 0.320 e. The number of carbonyl (C=O) groups is 1. The van der Waals surface area contributed by atoms with Crippen molar-refractivity contribution in [3.8, 4) is 0 Å². The Balaban J connectivity index is 1.71. The zero-order chi connectivity index (χ0) is 13.2. The normalized spacial score (nSPS) is 20.1. The lowest BCUT2D eigenvalue weighted by Gasteiger charge is -2.33. The standard InChI is InChI=1S/C16H22N2O/c1-12-7-8-15-14(9-12)11-18(16(19)17-15)10-13-5-3-2-4-6-13/h7-9,13H,2-6,10-11H2,1H3,(H,17,19). The molecule has 0 unspecified atom stereocenters. The zero-order valence-corrected chi connectivity index (χ0v) is 11.6. The van der Waals surface area contributed by atoms with Crippen LogP contribution in [0, 0.1) is 12.8 Å². The van der Waals surface area contributed by atoms with E-state index >= 15 is 0 Å². The van der Waals surface area contributed by atoms with Crippen LogP contribution in [0.3, 0.4) is 0 Å². The lowest BCUT2D eigenvalue weighted by atomic mass is 9.89. The van der Waals surface area contributed by atoms with Crippen LogP contribution in [0.4, 0.5) is 10.5 Å². The Bertz CT molecular complexity index is 478. The van der Waals surface area contributed by atoms with Gasteiger partial charge in [0.25, 0.3) is 0 Å². The van der Waals surface area contributed by atoms with Crippen molar-refractivity contribution in [2.45, 2.75) is 45.6 Å². The molecule has 2 amide bonds. The Morgan fingerprint density at radius 2 is 2.05 bits per heavy atom. The molecule has 0 radical (unpaired) electrons. The van der Waals surface area contributed by atoms with E-state index < -0.39 is 0 Å². The van der Waals surface area contributed by atoms with E-state index in [1.807, 2.05) is 11.0 Å². The molecular weight excluding hydrogens is 236 g/mol. The third kappa shape index (κ3) is 2.75. The van der Waals surface area contributed by atoms with E-state index in [4.69, 9.17) is 0 Å². The van der Waals surface area contributed by atoms with Crippen LogP contribution >= 0.6 is 0 Å². The third-order valence-electron chi connectivity index (χ3n) is 4.35. The van der Waals surface area contributed by atoms with Gasteiger partial charge in [-0.25, -0.2) is 4.79 Å². The van der Waals surface area contributed by atoms with Crippen LogP contribution in [0.25, 0.3) is 0 Å². The van der Waals surface area contributed by atoms with Gasteiger partial charge >= 0.3 is 6.03 Å². The number of nitrogens with zero attached hydrogens (tertiary/aromatic N) is 1. The molecule has 1 aromatic rings. The number of aryl methyl sites for hydroxylation is 1. The monoisotopic (exact) mass is 258 g/mol. The number of nitrogens with one attached hydrogen (secondary N) is 1. The number of rotatable bonds is 2. The summed E-state index contributed by atoms with van der Waals surface area (Å²) in [6.07, 6.45) is 6.59. The molecule has 0 spiro atoms. The zero-order valence-electron chi connectivity index (χ0n) is 11.6. The summed E-state index contributed by atoms with van der Waals surface area (Å²) in [6, 6.07) is 6.32. The summed E-state index contributed by atoms with van der Waals surface area (Å²) in [4.78, 5) is 14.1. The van der Waals surface area contributed by atoms with Crippen molar-refractivity contribution in [2.24, 2.45) is 5.92 Å². The molecule has 2 aliphatic rings. The van der Waals surface area contributed by atoms with Gasteiger partial charge in [0.05, 0.1) is 0 Å². The van der Waals surface area contributed by atoms with Crippen LogP contribution in [0.15, 0.2) is 18.2 Å². The van der Waals surface area contributed by atoms with Crippen molar-refractivity contribution in [3.05, 3.63) is 29.3 Å². The lowest BCUT2D eigenvalue weighted by Crippen LogP contribution is -2.41. The topological polar surface area (TPSA) is 32.3 Å². The Kier molecular flexibility index (Phi) is 3.45. The Morgan fingerprint density at radius 3 is 2.84 bits per heavy atom. The van der Waals surface area contributed by atoms with E-state index in [1.54, 1.807) is 0 Å². The van der Waals surface area contributed by atoms with Gasteiger partial charge in [0.15, 0.2) is 0 Å². The fourth-order valence-corrected chi connectivity index (χ4v) is 3.28. The van der Waals surface area contributed by atoms with Crippen LogP contribution in [-0.2, 0) is 6.54 Å². The van der Waals surface area contributed by atoms with Crippen LogP contribution in [0.2, 0.25) is 0 Å². The minimum Gasteiger partial charge on any atom is -0.320 e.